The van der Waals surface area contributed by atoms with E-state index >= 15 is 0 Å². The number of carbonyl (C=O) groups is 1. The molecule has 0 radical (unpaired) electrons. The van der Waals surface area contributed by atoms with Gasteiger partial charge in [0, 0.05) is 0 Å². The minimum atomic E-state index is -0.640. The second kappa shape index (κ2) is 7.06. The molecule has 1 heterocycles. The van der Waals surface area contributed by atoms with E-state index in [1.807, 2.05) is 0 Å². The minimum Gasteiger partial charge on any atom is -0.434 e. The van der Waals surface area contributed by atoms with E-state index in [0.29, 0.717) is 18.3 Å². The van der Waals surface area contributed by atoms with Crippen LogP contribution < -0.4 is 4.74 Å². The first-order valence-corrected chi connectivity index (χ1v) is 7.61. The fourth-order valence-corrected chi connectivity index (χ4v) is 2.67. The molecular formula is C16H19N3O3. The highest BCUT2D eigenvalue weighted by Gasteiger charge is 2.16. The fourth-order valence-electron chi connectivity index (χ4n) is 2.67. The van der Waals surface area contributed by atoms with Gasteiger partial charge in [-0.3, -0.25) is 0 Å². The van der Waals surface area contributed by atoms with Crippen LogP contribution in [0.25, 0.3) is 5.69 Å². The first-order chi connectivity index (χ1) is 10.8. The zero-order valence-electron chi connectivity index (χ0n) is 12.4. The van der Waals surface area contributed by atoms with Crippen LogP contribution in [0, 0.1) is 5.92 Å². The number of ether oxygens (including phenoxy) is 2. The summed E-state index contributed by atoms with van der Waals surface area (Å²) in [7, 11) is 0. The van der Waals surface area contributed by atoms with E-state index in [1.165, 1.54) is 25.6 Å². The summed E-state index contributed by atoms with van der Waals surface area (Å²) in [5.74, 6) is 0.938. The van der Waals surface area contributed by atoms with Gasteiger partial charge in [-0.05, 0) is 43.0 Å². The molecule has 1 aromatic carbocycles. The molecular weight excluding hydrogens is 282 g/mol. The van der Waals surface area contributed by atoms with Crippen molar-refractivity contribution in [3.05, 3.63) is 36.9 Å². The standard InChI is InChI=1S/C16H19N3O3/c20-16(21-10-13-4-2-1-3-5-13)22-15-8-6-14(7-9-15)19-12-17-11-18-19/h6-9,11-13H,1-5,10H2. The van der Waals surface area contributed by atoms with Gasteiger partial charge >= 0.3 is 6.16 Å². The topological polar surface area (TPSA) is 66.2 Å². The van der Waals surface area contributed by atoms with Crippen LogP contribution in [0.5, 0.6) is 5.75 Å². The Kier molecular flexibility index (Phi) is 4.68. The van der Waals surface area contributed by atoms with E-state index in [-0.39, 0.29) is 0 Å². The van der Waals surface area contributed by atoms with Gasteiger partial charge in [-0.25, -0.2) is 14.5 Å². The predicted octanol–water partition coefficient (Wildman–Crippen LogP) is 3.36. The normalized spacial score (nSPS) is 15.5. The lowest BCUT2D eigenvalue weighted by Crippen LogP contribution is -2.18. The third kappa shape index (κ3) is 3.84. The molecule has 0 bridgehead atoms. The van der Waals surface area contributed by atoms with Crippen molar-refractivity contribution in [2.75, 3.05) is 6.61 Å². The Balaban J connectivity index is 1.48. The summed E-state index contributed by atoms with van der Waals surface area (Å²) in [6.07, 6.45) is 8.46. The summed E-state index contributed by atoms with van der Waals surface area (Å²) in [6.45, 7) is 0.454. The maximum Gasteiger partial charge on any atom is 0.513 e. The van der Waals surface area contributed by atoms with Crippen molar-refractivity contribution in [2.24, 2.45) is 5.92 Å². The van der Waals surface area contributed by atoms with E-state index in [1.54, 1.807) is 35.3 Å². The second-order valence-corrected chi connectivity index (χ2v) is 5.50. The Bertz CT molecular complexity index is 590. The van der Waals surface area contributed by atoms with Crippen LogP contribution in [0.15, 0.2) is 36.9 Å². The molecule has 1 saturated carbocycles. The molecule has 6 nitrogen and oxygen atoms in total. The molecule has 22 heavy (non-hydrogen) atoms. The van der Waals surface area contributed by atoms with Gasteiger partial charge in [0.05, 0.1) is 12.3 Å². The Labute approximate surface area is 129 Å². The van der Waals surface area contributed by atoms with E-state index in [0.717, 1.165) is 18.5 Å². The van der Waals surface area contributed by atoms with Crippen LogP contribution in [-0.4, -0.2) is 27.5 Å². The van der Waals surface area contributed by atoms with Gasteiger partial charge in [-0.1, -0.05) is 19.3 Å². The Morgan fingerprint density at radius 2 is 1.95 bits per heavy atom. The largest absolute Gasteiger partial charge is 0.513 e. The molecule has 0 atom stereocenters. The summed E-state index contributed by atoms with van der Waals surface area (Å²) in [4.78, 5) is 15.6. The van der Waals surface area contributed by atoms with Crippen molar-refractivity contribution >= 4 is 6.16 Å². The summed E-state index contributed by atoms with van der Waals surface area (Å²) >= 11 is 0. The third-order valence-electron chi connectivity index (χ3n) is 3.88. The van der Waals surface area contributed by atoms with Crippen LogP contribution in [-0.2, 0) is 4.74 Å². The summed E-state index contributed by atoms with van der Waals surface area (Å²) in [6, 6.07) is 7.02. The summed E-state index contributed by atoms with van der Waals surface area (Å²) in [5, 5.41) is 4.03. The molecule has 0 spiro atoms. The lowest BCUT2D eigenvalue weighted by molar-refractivity contribution is 0.0767. The summed E-state index contributed by atoms with van der Waals surface area (Å²) in [5.41, 5.74) is 0.848. The number of hydrogen-bond donors (Lipinski definition) is 0. The highest BCUT2D eigenvalue weighted by molar-refractivity contribution is 5.63. The van der Waals surface area contributed by atoms with Crippen LogP contribution in [0.1, 0.15) is 32.1 Å². The van der Waals surface area contributed by atoms with Crippen LogP contribution in [0.2, 0.25) is 0 Å². The first-order valence-electron chi connectivity index (χ1n) is 7.61. The zero-order valence-corrected chi connectivity index (χ0v) is 12.4. The molecule has 2 aromatic rings. The number of benzene rings is 1. The molecule has 0 saturated heterocycles. The van der Waals surface area contributed by atoms with Crippen molar-refractivity contribution in [3.8, 4) is 11.4 Å². The predicted molar refractivity (Wildman–Crippen MR) is 79.9 cm³/mol. The van der Waals surface area contributed by atoms with Gasteiger partial charge in [-0.15, -0.1) is 0 Å². The van der Waals surface area contributed by atoms with E-state index in [9.17, 15) is 4.79 Å². The van der Waals surface area contributed by atoms with Crippen molar-refractivity contribution in [1.29, 1.82) is 0 Å². The molecule has 0 N–H and O–H groups in total. The molecule has 6 heteroatoms. The number of carbonyl (C=O) groups excluding carboxylic acids is 1. The molecule has 116 valence electrons. The molecule has 0 amide bonds. The molecule has 1 aliphatic carbocycles. The van der Waals surface area contributed by atoms with Crippen LogP contribution in [0.3, 0.4) is 0 Å². The molecule has 1 fully saturated rings. The van der Waals surface area contributed by atoms with Gasteiger partial charge in [0.1, 0.15) is 18.4 Å². The minimum absolute atomic E-state index is 0.454. The van der Waals surface area contributed by atoms with Crippen molar-refractivity contribution in [3.63, 3.8) is 0 Å². The van der Waals surface area contributed by atoms with Crippen molar-refractivity contribution in [1.82, 2.24) is 14.8 Å². The van der Waals surface area contributed by atoms with Crippen LogP contribution in [0.4, 0.5) is 4.79 Å². The molecule has 0 unspecified atom stereocenters. The number of aromatic nitrogens is 3. The molecule has 1 aromatic heterocycles. The highest BCUT2D eigenvalue weighted by Crippen LogP contribution is 2.24. The second-order valence-electron chi connectivity index (χ2n) is 5.50. The van der Waals surface area contributed by atoms with Crippen molar-refractivity contribution in [2.45, 2.75) is 32.1 Å². The van der Waals surface area contributed by atoms with E-state index in [2.05, 4.69) is 10.1 Å². The van der Waals surface area contributed by atoms with E-state index in [4.69, 9.17) is 9.47 Å². The third-order valence-corrected chi connectivity index (χ3v) is 3.88. The maximum absolute atomic E-state index is 11.7. The number of nitrogens with zero attached hydrogens (tertiary/aromatic N) is 3. The average molecular weight is 301 g/mol. The smallest absolute Gasteiger partial charge is 0.434 e. The van der Waals surface area contributed by atoms with E-state index < -0.39 is 6.16 Å². The molecule has 0 aliphatic heterocycles. The van der Waals surface area contributed by atoms with Gasteiger partial charge in [0.25, 0.3) is 0 Å². The molecule has 1 aliphatic rings. The maximum atomic E-state index is 11.7. The SMILES string of the molecule is O=C(OCC1CCCCC1)Oc1ccc(-n2cncn2)cc1. The highest BCUT2D eigenvalue weighted by atomic mass is 16.7. The number of rotatable bonds is 4. The van der Waals surface area contributed by atoms with Crippen molar-refractivity contribution < 1.29 is 14.3 Å². The van der Waals surface area contributed by atoms with Gasteiger partial charge < -0.3 is 9.47 Å². The Hall–Kier alpha value is -2.37. The Morgan fingerprint density at radius 1 is 1.18 bits per heavy atom. The monoisotopic (exact) mass is 301 g/mol. The van der Waals surface area contributed by atoms with Crippen LogP contribution >= 0.6 is 0 Å². The Morgan fingerprint density at radius 3 is 2.64 bits per heavy atom. The lowest BCUT2D eigenvalue weighted by Gasteiger charge is -2.20. The average Bonchev–Trinajstić information content (AvgIpc) is 3.09. The zero-order chi connectivity index (χ0) is 15.2. The van der Waals surface area contributed by atoms with Gasteiger partial charge in [-0.2, -0.15) is 5.10 Å². The first kappa shape index (κ1) is 14.6. The van der Waals surface area contributed by atoms with Gasteiger partial charge in [0.15, 0.2) is 0 Å². The molecule has 3 rings (SSSR count). The lowest BCUT2D eigenvalue weighted by atomic mass is 9.90. The summed E-state index contributed by atoms with van der Waals surface area (Å²) < 4.78 is 12.0. The fraction of sp³-hybridized carbons (Fsp3) is 0.438. The van der Waals surface area contributed by atoms with Gasteiger partial charge in [0.2, 0.25) is 0 Å². The quantitative estimate of drug-likeness (QED) is 0.640. The number of hydrogen-bond acceptors (Lipinski definition) is 5.